The fourth-order valence-electron chi connectivity index (χ4n) is 1.97. The van der Waals surface area contributed by atoms with Gasteiger partial charge in [0.1, 0.15) is 11.8 Å². The molecule has 0 bridgehead atoms. The highest BCUT2D eigenvalue weighted by atomic mass is 32.2. The summed E-state index contributed by atoms with van der Waals surface area (Å²) in [6.07, 6.45) is 2.04. The summed E-state index contributed by atoms with van der Waals surface area (Å²) in [5.74, 6) is 0. The summed E-state index contributed by atoms with van der Waals surface area (Å²) in [5.41, 5.74) is 8.38. The first kappa shape index (κ1) is 11.1. The SMILES string of the molecule is CSc1ccc2c(CN)c(C#N)n(C)c2c1. The number of hydrogen-bond acceptors (Lipinski definition) is 3. The number of aromatic nitrogens is 1. The Labute approximate surface area is 98.8 Å². The van der Waals surface area contributed by atoms with E-state index in [1.807, 2.05) is 23.9 Å². The number of benzene rings is 1. The van der Waals surface area contributed by atoms with Crippen molar-refractivity contribution in [2.75, 3.05) is 6.26 Å². The van der Waals surface area contributed by atoms with E-state index < -0.39 is 0 Å². The van der Waals surface area contributed by atoms with Crippen molar-refractivity contribution < 1.29 is 0 Å². The summed E-state index contributed by atoms with van der Waals surface area (Å²) in [6, 6.07) is 8.42. The van der Waals surface area contributed by atoms with Gasteiger partial charge in [-0.15, -0.1) is 11.8 Å². The molecule has 4 heteroatoms. The molecule has 1 aromatic heterocycles. The predicted molar refractivity (Wildman–Crippen MR) is 67.3 cm³/mol. The van der Waals surface area contributed by atoms with Crippen LogP contribution < -0.4 is 5.73 Å². The monoisotopic (exact) mass is 231 g/mol. The molecule has 0 radical (unpaired) electrons. The fraction of sp³-hybridized carbons (Fsp3) is 0.250. The van der Waals surface area contributed by atoms with Crippen molar-refractivity contribution >= 4 is 22.7 Å². The molecule has 0 saturated carbocycles. The Kier molecular flexibility index (Phi) is 2.90. The maximum absolute atomic E-state index is 9.13. The number of nitrogens with two attached hydrogens (primary N) is 1. The minimum atomic E-state index is 0.402. The number of rotatable bonds is 2. The van der Waals surface area contributed by atoms with E-state index in [-0.39, 0.29) is 0 Å². The van der Waals surface area contributed by atoms with E-state index in [0.29, 0.717) is 12.2 Å². The van der Waals surface area contributed by atoms with E-state index in [2.05, 4.69) is 18.2 Å². The van der Waals surface area contributed by atoms with Crippen molar-refractivity contribution in [3.8, 4) is 6.07 Å². The van der Waals surface area contributed by atoms with E-state index in [1.54, 1.807) is 11.8 Å². The average molecular weight is 231 g/mol. The molecule has 82 valence electrons. The molecule has 1 heterocycles. The molecule has 2 rings (SSSR count). The van der Waals surface area contributed by atoms with E-state index in [0.717, 1.165) is 16.5 Å². The first-order chi connectivity index (χ1) is 7.72. The van der Waals surface area contributed by atoms with Crippen LogP contribution in [0.4, 0.5) is 0 Å². The van der Waals surface area contributed by atoms with Gasteiger partial charge in [-0.3, -0.25) is 0 Å². The second kappa shape index (κ2) is 4.20. The van der Waals surface area contributed by atoms with Gasteiger partial charge in [0, 0.05) is 29.4 Å². The molecule has 2 N–H and O–H groups in total. The number of thioether (sulfide) groups is 1. The molecule has 3 nitrogen and oxygen atoms in total. The topological polar surface area (TPSA) is 54.7 Å². The van der Waals surface area contributed by atoms with Gasteiger partial charge in [0.25, 0.3) is 0 Å². The lowest BCUT2D eigenvalue weighted by molar-refractivity contribution is 0.924. The second-order valence-corrected chi connectivity index (χ2v) is 4.46. The van der Waals surface area contributed by atoms with E-state index >= 15 is 0 Å². The normalized spacial score (nSPS) is 10.6. The average Bonchev–Trinajstić information content (AvgIpc) is 2.60. The lowest BCUT2D eigenvalue weighted by atomic mass is 10.1. The minimum Gasteiger partial charge on any atom is -0.335 e. The molecular formula is C12H13N3S. The van der Waals surface area contributed by atoms with Gasteiger partial charge < -0.3 is 10.3 Å². The summed E-state index contributed by atoms with van der Waals surface area (Å²) >= 11 is 1.70. The van der Waals surface area contributed by atoms with Crippen LogP contribution in [0.25, 0.3) is 10.9 Å². The quantitative estimate of drug-likeness (QED) is 0.806. The van der Waals surface area contributed by atoms with E-state index in [9.17, 15) is 0 Å². The molecule has 0 aliphatic heterocycles. The molecule has 16 heavy (non-hydrogen) atoms. The molecule has 0 aliphatic rings. The zero-order chi connectivity index (χ0) is 11.7. The number of nitriles is 1. The van der Waals surface area contributed by atoms with Gasteiger partial charge >= 0.3 is 0 Å². The Bertz CT molecular complexity index is 578. The number of nitrogens with zero attached hydrogens (tertiary/aromatic N) is 2. The van der Waals surface area contributed by atoms with Gasteiger partial charge in [0.2, 0.25) is 0 Å². The molecule has 1 aromatic carbocycles. The number of aryl methyl sites for hydroxylation is 1. The molecule has 0 fully saturated rings. The summed E-state index contributed by atoms with van der Waals surface area (Å²) < 4.78 is 1.91. The molecule has 0 atom stereocenters. The van der Waals surface area contributed by atoms with Crippen LogP contribution in [0.2, 0.25) is 0 Å². The molecule has 0 spiro atoms. The Morgan fingerprint density at radius 1 is 1.50 bits per heavy atom. The zero-order valence-corrected chi connectivity index (χ0v) is 10.1. The van der Waals surface area contributed by atoms with Crippen LogP contribution in [0.3, 0.4) is 0 Å². The van der Waals surface area contributed by atoms with Crippen molar-refractivity contribution in [1.82, 2.24) is 4.57 Å². The third-order valence-electron chi connectivity index (χ3n) is 2.82. The second-order valence-electron chi connectivity index (χ2n) is 3.59. The van der Waals surface area contributed by atoms with Gasteiger partial charge in [-0.25, -0.2) is 0 Å². The highest BCUT2D eigenvalue weighted by Crippen LogP contribution is 2.28. The van der Waals surface area contributed by atoms with Gasteiger partial charge in [-0.05, 0) is 18.4 Å². The van der Waals surface area contributed by atoms with Crippen LogP contribution in [0.15, 0.2) is 23.1 Å². The van der Waals surface area contributed by atoms with Crippen molar-refractivity contribution in [2.24, 2.45) is 12.8 Å². The predicted octanol–water partition coefficient (Wildman–Crippen LogP) is 2.23. The lowest BCUT2D eigenvalue weighted by Crippen LogP contribution is -1.99. The summed E-state index contributed by atoms with van der Waals surface area (Å²) in [7, 11) is 1.91. The standard InChI is InChI=1S/C12H13N3S/c1-15-11-5-8(16-2)3-4-9(11)10(6-13)12(15)7-14/h3-5H,6,13H2,1-2H3. The van der Waals surface area contributed by atoms with Gasteiger partial charge in [-0.1, -0.05) is 6.07 Å². The first-order valence-corrected chi connectivity index (χ1v) is 6.20. The first-order valence-electron chi connectivity index (χ1n) is 4.98. The molecule has 0 aliphatic carbocycles. The van der Waals surface area contributed by atoms with Crippen LogP contribution in [-0.2, 0) is 13.6 Å². The fourth-order valence-corrected chi connectivity index (χ4v) is 2.40. The third-order valence-corrected chi connectivity index (χ3v) is 3.55. The van der Waals surface area contributed by atoms with Crippen LogP contribution in [0, 0.1) is 11.3 Å². The molecule has 0 amide bonds. The van der Waals surface area contributed by atoms with Crippen LogP contribution in [0.1, 0.15) is 11.3 Å². The largest absolute Gasteiger partial charge is 0.335 e. The van der Waals surface area contributed by atoms with Gasteiger partial charge in [-0.2, -0.15) is 5.26 Å². The van der Waals surface area contributed by atoms with E-state index in [4.69, 9.17) is 11.0 Å². The van der Waals surface area contributed by atoms with E-state index in [1.165, 1.54) is 4.90 Å². The number of fused-ring (bicyclic) bond motifs is 1. The van der Waals surface area contributed by atoms with Gasteiger partial charge in [0.15, 0.2) is 0 Å². The molecular weight excluding hydrogens is 218 g/mol. The Hall–Kier alpha value is -1.44. The van der Waals surface area contributed by atoms with Gasteiger partial charge in [0.05, 0.1) is 5.52 Å². The summed E-state index contributed by atoms with van der Waals surface area (Å²) in [6.45, 7) is 0.402. The molecule has 0 unspecified atom stereocenters. The minimum absolute atomic E-state index is 0.402. The van der Waals surface area contributed by atoms with Crippen LogP contribution in [-0.4, -0.2) is 10.8 Å². The maximum Gasteiger partial charge on any atom is 0.125 e. The van der Waals surface area contributed by atoms with Crippen molar-refractivity contribution in [3.05, 3.63) is 29.5 Å². The summed E-state index contributed by atoms with van der Waals surface area (Å²) in [4.78, 5) is 1.20. The van der Waals surface area contributed by atoms with Crippen molar-refractivity contribution in [2.45, 2.75) is 11.4 Å². The highest BCUT2D eigenvalue weighted by Gasteiger charge is 2.13. The zero-order valence-electron chi connectivity index (χ0n) is 9.32. The highest BCUT2D eigenvalue weighted by molar-refractivity contribution is 7.98. The van der Waals surface area contributed by atoms with Crippen LogP contribution >= 0.6 is 11.8 Å². The lowest BCUT2D eigenvalue weighted by Gasteiger charge is -1.99. The number of hydrogen-bond donors (Lipinski definition) is 1. The van der Waals surface area contributed by atoms with Crippen molar-refractivity contribution in [3.63, 3.8) is 0 Å². The Morgan fingerprint density at radius 2 is 2.25 bits per heavy atom. The maximum atomic E-state index is 9.13. The van der Waals surface area contributed by atoms with Crippen molar-refractivity contribution in [1.29, 1.82) is 5.26 Å². The Balaban J connectivity index is 2.84. The third kappa shape index (κ3) is 1.49. The Morgan fingerprint density at radius 3 is 2.81 bits per heavy atom. The molecule has 2 aromatic rings. The summed E-state index contributed by atoms with van der Waals surface area (Å²) in [5, 5.41) is 10.2. The molecule has 0 saturated heterocycles. The smallest absolute Gasteiger partial charge is 0.125 e. The van der Waals surface area contributed by atoms with Crippen LogP contribution in [0.5, 0.6) is 0 Å².